The normalized spacial score (nSPS) is 25.2. The van der Waals surface area contributed by atoms with Gasteiger partial charge in [-0.15, -0.1) is 0 Å². The summed E-state index contributed by atoms with van der Waals surface area (Å²) in [6, 6.07) is 8.45. The molecule has 2 N–H and O–H groups in total. The van der Waals surface area contributed by atoms with E-state index in [0.29, 0.717) is 12.6 Å². The van der Waals surface area contributed by atoms with Gasteiger partial charge in [0.1, 0.15) is 0 Å². The molecule has 2 rings (SSSR count). The zero-order valence-corrected chi connectivity index (χ0v) is 12.0. The maximum absolute atomic E-state index is 6.19. The Bertz CT molecular complexity index is 377. The molecule has 1 aromatic carbocycles. The first-order valence-corrected chi connectivity index (χ1v) is 7.17. The van der Waals surface area contributed by atoms with Crippen LogP contribution in [-0.4, -0.2) is 25.9 Å². The molecule has 3 heteroatoms. The highest BCUT2D eigenvalue weighted by Crippen LogP contribution is 2.28. The molecular formula is C16H25NO2. The summed E-state index contributed by atoms with van der Waals surface area (Å²) in [6.07, 6.45) is 5.04. The number of rotatable bonds is 5. The summed E-state index contributed by atoms with van der Waals surface area (Å²) in [5.41, 5.74) is 8.31. The van der Waals surface area contributed by atoms with Crippen molar-refractivity contribution in [1.29, 1.82) is 0 Å². The molecule has 1 fully saturated rings. The van der Waals surface area contributed by atoms with Crippen molar-refractivity contribution < 1.29 is 9.47 Å². The van der Waals surface area contributed by atoms with Crippen LogP contribution in [0.3, 0.4) is 0 Å². The van der Waals surface area contributed by atoms with Gasteiger partial charge in [0, 0.05) is 13.7 Å². The van der Waals surface area contributed by atoms with Crippen LogP contribution in [0.5, 0.6) is 0 Å². The molecule has 3 nitrogen and oxygen atoms in total. The second-order valence-corrected chi connectivity index (χ2v) is 5.42. The Balaban J connectivity index is 1.96. The Morgan fingerprint density at radius 1 is 1.21 bits per heavy atom. The van der Waals surface area contributed by atoms with Crippen LogP contribution in [0, 0.1) is 6.92 Å². The maximum atomic E-state index is 6.19. The number of aryl methyl sites for hydroxylation is 1. The average molecular weight is 263 g/mol. The van der Waals surface area contributed by atoms with Gasteiger partial charge in [-0.25, -0.2) is 0 Å². The molecule has 3 atom stereocenters. The molecule has 106 valence electrons. The summed E-state index contributed by atoms with van der Waals surface area (Å²) in [5, 5.41) is 0. The van der Waals surface area contributed by atoms with Gasteiger partial charge in [0.2, 0.25) is 0 Å². The van der Waals surface area contributed by atoms with Gasteiger partial charge in [-0.1, -0.05) is 29.8 Å². The highest BCUT2D eigenvalue weighted by Gasteiger charge is 2.25. The van der Waals surface area contributed by atoms with Crippen LogP contribution in [0.25, 0.3) is 0 Å². The van der Waals surface area contributed by atoms with Gasteiger partial charge in [-0.2, -0.15) is 0 Å². The third kappa shape index (κ3) is 4.03. The minimum atomic E-state index is 0.00112. The predicted octanol–water partition coefficient (Wildman–Crippen LogP) is 2.97. The first-order valence-electron chi connectivity index (χ1n) is 7.17. The summed E-state index contributed by atoms with van der Waals surface area (Å²) < 4.78 is 11.6. The van der Waals surface area contributed by atoms with E-state index in [-0.39, 0.29) is 12.2 Å². The Morgan fingerprint density at radius 3 is 2.53 bits per heavy atom. The molecule has 1 aromatic rings. The van der Waals surface area contributed by atoms with Crippen LogP contribution in [0.1, 0.15) is 42.9 Å². The van der Waals surface area contributed by atoms with Crippen LogP contribution in [-0.2, 0) is 9.47 Å². The van der Waals surface area contributed by atoms with Crippen molar-refractivity contribution in [3.05, 3.63) is 35.4 Å². The molecule has 1 aliphatic rings. The molecule has 19 heavy (non-hydrogen) atoms. The van der Waals surface area contributed by atoms with E-state index in [2.05, 4.69) is 31.2 Å². The molecule has 0 amide bonds. The monoisotopic (exact) mass is 263 g/mol. The molecule has 0 radical (unpaired) electrons. The minimum absolute atomic E-state index is 0.00112. The summed E-state index contributed by atoms with van der Waals surface area (Å²) >= 11 is 0. The molecule has 3 unspecified atom stereocenters. The summed E-state index contributed by atoms with van der Waals surface area (Å²) in [7, 11) is 1.79. The van der Waals surface area contributed by atoms with E-state index >= 15 is 0 Å². The molecule has 0 heterocycles. The van der Waals surface area contributed by atoms with E-state index < -0.39 is 0 Å². The molecule has 0 bridgehead atoms. The van der Waals surface area contributed by atoms with Gasteiger partial charge in [-0.05, 0) is 38.2 Å². The third-order valence-electron chi connectivity index (χ3n) is 3.93. The van der Waals surface area contributed by atoms with E-state index in [4.69, 9.17) is 15.2 Å². The van der Waals surface area contributed by atoms with Crippen molar-refractivity contribution in [2.24, 2.45) is 5.73 Å². The number of benzene rings is 1. The highest BCUT2D eigenvalue weighted by atomic mass is 16.5. The van der Waals surface area contributed by atoms with Crippen molar-refractivity contribution in [3.63, 3.8) is 0 Å². The molecule has 1 aliphatic carbocycles. The summed E-state index contributed by atoms with van der Waals surface area (Å²) in [5.74, 6) is 0. The first kappa shape index (κ1) is 14.5. The zero-order valence-electron chi connectivity index (χ0n) is 12.0. The van der Waals surface area contributed by atoms with E-state index in [9.17, 15) is 0 Å². The molecule has 0 spiro atoms. The summed E-state index contributed by atoms with van der Waals surface area (Å²) in [4.78, 5) is 0. The van der Waals surface area contributed by atoms with Crippen LogP contribution in [0.15, 0.2) is 24.3 Å². The Labute approximate surface area is 116 Å². The summed E-state index contributed by atoms with van der Waals surface area (Å²) in [6.45, 7) is 2.61. The van der Waals surface area contributed by atoms with E-state index in [1.165, 1.54) is 17.5 Å². The van der Waals surface area contributed by atoms with Gasteiger partial charge in [-0.3, -0.25) is 0 Å². The van der Waals surface area contributed by atoms with Crippen molar-refractivity contribution in [3.8, 4) is 0 Å². The Morgan fingerprint density at radius 2 is 1.89 bits per heavy atom. The van der Waals surface area contributed by atoms with Crippen LogP contribution >= 0.6 is 0 Å². The standard InChI is InChI=1S/C16H25NO2/c1-12-6-8-13(9-7-12)16(11-17)19-15-5-3-4-14(10-15)18-2/h6-9,14-16H,3-5,10-11,17H2,1-2H3. The van der Waals surface area contributed by atoms with Crippen molar-refractivity contribution in [1.82, 2.24) is 0 Å². The smallest absolute Gasteiger partial charge is 0.0950 e. The number of hydrogen-bond donors (Lipinski definition) is 1. The van der Waals surface area contributed by atoms with Crippen LogP contribution in [0.2, 0.25) is 0 Å². The Kier molecular flexibility index (Phi) is 5.37. The lowest BCUT2D eigenvalue weighted by Crippen LogP contribution is -2.30. The SMILES string of the molecule is COC1CCCC(OC(CN)c2ccc(C)cc2)C1. The second-order valence-electron chi connectivity index (χ2n) is 5.42. The molecular weight excluding hydrogens is 238 g/mol. The van der Waals surface area contributed by atoms with Gasteiger partial charge in [0.15, 0.2) is 0 Å². The molecule has 1 saturated carbocycles. The number of hydrogen-bond acceptors (Lipinski definition) is 3. The number of nitrogens with two attached hydrogens (primary N) is 1. The van der Waals surface area contributed by atoms with Crippen molar-refractivity contribution in [2.45, 2.75) is 50.9 Å². The third-order valence-corrected chi connectivity index (χ3v) is 3.93. The van der Waals surface area contributed by atoms with Crippen molar-refractivity contribution >= 4 is 0 Å². The maximum Gasteiger partial charge on any atom is 0.0950 e. The lowest BCUT2D eigenvalue weighted by molar-refractivity contribution is -0.0632. The number of methoxy groups -OCH3 is 1. The lowest BCUT2D eigenvalue weighted by Gasteiger charge is -2.31. The van der Waals surface area contributed by atoms with Gasteiger partial charge < -0.3 is 15.2 Å². The van der Waals surface area contributed by atoms with Gasteiger partial charge in [0.25, 0.3) is 0 Å². The van der Waals surface area contributed by atoms with E-state index in [1.54, 1.807) is 7.11 Å². The first-order chi connectivity index (χ1) is 9.22. The number of ether oxygens (including phenoxy) is 2. The van der Waals surface area contributed by atoms with Gasteiger partial charge in [0.05, 0.1) is 18.3 Å². The second kappa shape index (κ2) is 7.04. The van der Waals surface area contributed by atoms with Crippen LogP contribution in [0.4, 0.5) is 0 Å². The molecule has 0 aromatic heterocycles. The quantitative estimate of drug-likeness (QED) is 0.888. The van der Waals surface area contributed by atoms with Gasteiger partial charge >= 0.3 is 0 Å². The molecule has 0 saturated heterocycles. The fourth-order valence-corrected chi connectivity index (χ4v) is 2.72. The predicted molar refractivity (Wildman–Crippen MR) is 77.1 cm³/mol. The van der Waals surface area contributed by atoms with Crippen LogP contribution < -0.4 is 5.73 Å². The van der Waals surface area contributed by atoms with E-state index in [1.807, 2.05) is 0 Å². The largest absolute Gasteiger partial charge is 0.381 e. The minimum Gasteiger partial charge on any atom is -0.381 e. The van der Waals surface area contributed by atoms with E-state index in [0.717, 1.165) is 19.3 Å². The fraction of sp³-hybridized carbons (Fsp3) is 0.625. The topological polar surface area (TPSA) is 44.5 Å². The van der Waals surface area contributed by atoms with Crippen molar-refractivity contribution in [2.75, 3.05) is 13.7 Å². The Hall–Kier alpha value is -0.900. The lowest BCUT2D eigenvalue weighted by atomic mass is 9.94. The highest BCUT2D eigenvalue weighted by molar-refractivity contribution is 5.23. The zero-order chi connectivity index (χ0) is 13.7. The fourth-order valence-electron chi connectivity index (χ4n) is 2.72. The molecule has 0 aliphatic heterocycles. The average Bonchev–Trinajstić information content (AvgIpc) is 2.46.